The molecule has 6 nitrogen and oxygen atoms in total. The van der Waals surface area contributed by atoms with Crippen LogP contribution in [0.4, 0.5) is 5.95 Å². The molecule has 1 aliphatic rings. The third-order valence-corrected chi connectivity index (χ3v) is 5.56. The second-order valence-electron chi connectivity index (χ2n) is 8.03. The molecule has 0 fully saturated rings. The lowest BCUT2D eigenvalue weighted by atomic mass is 9.89. The molecule has 0 bridgehead atoms. The van der Waals surface area contributed by atoms with Gasteiger partial charge < -0.3 is 9.30 Å². The Morgan fingerprint density at radius 2 is 1.80 bits per heavy atom. The number of esters is 1. The van der Waals surface area contributed by atoms with Gasteiger partial charge in [0.15, 0.2) is 5.92 Å². The lowest BCUT2D eigenvalue weighted by Gasteiger charge is -2.38. The third kappa shape index (κ3) is 3.47. The lowest BCUT2D eigenvalue weighted by molar-refractivity contribution is -0.153. The van der Waals surface area contributed by atoms with Crippen molar-refractivity contribution in [1.29, 1.82) is 0 Å². The van der Waals surface area contributed by atoms with Crippen LogP contribution < -0.4 is 4.90 Å². The summed E-state index contributed by atoms with van der Waals surface area (Å²) in [6.07, 6.45) is 0.820. The molecule has 0 aliphatic carbocycles. The van der Waals surface area contributed by atoms with Crippen LogP contribution in [0.15, 0.2) is 54.6 Å². The van der Waals surface area contributed by atoms with Crippen LogP contribution in [0.2, 0.25) is 0 Å². The topological polar surface area (TPSA) is 64.4 Å². The van der Waals surface area contributed by atoms with E-state index >= 15 is 0 Å². The van der Waals surface area contributed by atoms with Gasteiger partial charge in [-0.1, -0.05) is 56.3 Å². The maximum atomic E-state index is 13.6. The van der Waals surface area contributed by atoms with E-state index in [9.17, 15) is 9.59 Å². The average Bonchev–Trinajstić information content (AvgIpc) is 3.12. The van der Waals surface area contributed by atoms with Crippen molar-refractivity contribution < 1.29 is 14.3 Å². The van der Waals surface area contributed by atoms with E-state index in [1.807, 2.05) is 59.2 Å². The van der Waals surface area contributed by atoms with Crippen molar-refractivity contribution in [3.8, 4) is 0 Å². The van der Waals surface area contributed by atoms with Crippen molar-refractivity contribution in [3.63, 3.8) is 0 Å². The molecule has 1 amide bonds. The van der Waals surface area contributed by atoms with E-state index in [1.165, 1.54) is 0 Å². The Morgan fingerprint density at radius 1 is 1.10 bits per heavy atom. The van der Waals surface area contributed by atoms with Crippen LogP contribution in [-0.4, -0.2) is 34.6 Å². The summed E-state index contributed by atoms with van der Waals surface area (Å²) in [7, 11) is 0. The first kappa shape index (κ1) is 20.1. The Labute approximate surface area is 176 Å². The highest BCUT2D eigenvalue weighted by molar-refractivity contribution is 6.08. The zero-order valence-electron chi connectivity index (χ0n) is 17.6. The molecule has 0 saturated heterocycles. The molecule has 6 heteroatoms. The summed E-state index contributed by atoms with van der Waals surface area (Å²) in [5.74, 6) is -0.676. The Kier molecular flexibility index (Phi) is 5.57. The number of amides is 1. The molecule has 0 spiro atoms. The van der Waals surface area contributed by atoms with Gasteiger partial charge in [0.05, 0.1) is 23.7 Å². The first-order valence-electron chi connectivity index (χ1n) is 10.5. The molecule has 0 unspecified atom stereocenters. The second kappa shape index (κ2) is 8.30. The van der Waals surface area contributed by atoms with Crippen molar-refractivity contribution >= 4 is 28.9 Å². The predicted molar refractivity (Wildman–Crippen MR) is 116 cm³/mol. The first-order valence-corrected chi connectivity index (χ1v) is 10.5. The van der Waals surface area contributed by atoms with Crippen LogP contribution in [0.25, 0.3) is 11.0 Å². The van der Waals surface area contributed by atoms with Gasteiger partial charge in [-0.15, -0.1) is 0 Å². The number of para-hydroxylation sites is 2. The zero-order valence-corrected chi connectivity index (χ0v) is 17.6. The number of fused-ring (bicyclic) bond motifs is 3. The monoisotopic (exact) mass is 405 g/mol. The highest BCUT2D eigenvalue weighted by atomic mass is 16.5. The van der Waals surface area contributed by atoms with E-state index in [2.05, 4.69) is 13.8 Å². The molecule has 2 atom stereocenters. The molecule has 2 aromatic carbocycles. The van der Waals surface area contributed by atoms with Crippen LogP contribution in [0.3, 0.4) is 0 Å². The highest BCUT2D eigenvalue weighted by Gasteiger charge is 2.47. The van der Waals surface area contributed by atoms with Crippen LogP contribution in [0.5, 0.6) is 0 Å². The van der Waals surface area contributed by atoms with E-state index in [0.29, 0.717) is 18.4 Å². The number of rotatable bonds is 6. The number of aromatic nitrogens is 2. The van der Waals surface area contributed by atoms with E-state index in [1.54, 1.807) is 11.8 Å². The first-order chi connectivity index (χ1) is 14.5. The minimum Gasteiger partial charge on any atom is -0.465 e. The van der Waals surface area contributed by atoms with E-state index < -0.39 is 17.9 Å². The molecule has 0 N–H and O–H groups in total. The third-order valence-electron chi connectivity index (χ3n) is 5.56. The van der Waals surface area contributed by atoms with E-state index in [-0.39, 0.29) is 12.5 Å². The van der Waals surface area contributed by atoms with Gasteiger partial charge in [0.1, 0.15) is 0 Å². The van der Waals surface area contributed by atoms with Gasteiger partial charge in [-0.3, -0.25) is 14.5 Å². The number of imidazole rings is 1. The van der Waals surface area contributed by atoms with Gasteiger partial charge in [0, 0.05) is 6.54 Å². The molecule has 0 saturated carbocycles. The summed E-state index contributed by atoms with van der Waals surface area (Å²) in [5.41, 5.74) is 2.59. The Bertz CT molecular complexity index is 1060. The smallest absolute Gasteiger partial charge is 0.321 e. The van der Waals surface area contributed by atoms with Crippen LogP contribution in [0.1, 0.15) is 38.8 Å². The minimum atomic E-state index is -0.954. The fraction of sp³-hybridized carbons (Fsp3) is 0.375. The molecular formula is C24H27N3O3. The molecule has 3 aromatic rings. The fourth-order valence-electron chi connectivity index (χ4n) is 4.10. The molecule has 1 aromatic heterocycles. The Morgan fingerprint density at radius 3 is 2.50 bits per heavy atom. The van der Waals surface area contributed by atoms with Crippen molar-refractivity contribution in [2.24, 2.45) is 11.8 Å². The number of ether oxygens (including phenoxy) is 1. The summed E-state index contributed by atoms with van der Waals surface area (Å²) >= 11 is 0. The normalized spacial score (nSPS) is 18.7. The number of nitrogens with zero attached hydrogens (tertiary/aromatic N) is 3. The zero-order chi connectivity index (χ0) is 21.3. The van der Waals surface area contributed by atoms with Crippen molar-refractivity contribution in [2.75, 3.05) is 18.1 Å². The average molecular weight is 405 g/mol. The maximum Gasteiger partial charge on any atom is 0.321 e. The van der Waals surface area contributed by atoms with E-state index in [0.717, 1.165) is 23.0 Å². The number of carbonyl (C=O) groups is 2. The number of anilines is 1. The van der Waals surface area contributed by atoms with E-state index in [4.69, 9.17) is 9.72 Å². The molecule has 156 valence electrons. The minimum absolute atomic E-state index is 0.230. The molecule has 2 heterocycles. The number of hydrogen-bond acceptors (Lipinski definition) is 4. The van der Waals surface area contributed by atoms with Gasteiger partial charge >= 0.3 is 5.97 Å². The maximum absolute atomic E-state index is 13.6. The summed E-state index contributed by atoms with van der Waals surface area (Å²) in [6.45, 7) is 6.74. The van der Waals surface area contributed by atoms with Gasteiger partial charge in [-0.2, -0.15) is 0 Å². The SMILES string of the molecule is CCOC(=O)[C@H]1C(=O)N(CCC(C)C)c2nc3ccccc3n2[C@H]1c1ccccc1. The highest BCUT2D eigenvalue weighted by Crippen LogP contribution is 2.41. The fourth-order valence-corrected chi connectivity index (χ4v) is 4.10. The molecule has 30 heavy (non-hydrogen) atoms. The standard InChI is InChI=1S/C24H27N3O3/c1-4-30-23(29)20-21(17-10-6-5-7-11-17)27-19-13-9-8-12-18(19)25-24(27)26(22(20)28)15-14-16(2)3/h5-13,16,20-21H,4,14-15H2,1-3H3/t20-,21+/m1/s1. The quantitative estimate of drug-likeness (QED) is 0.455. The van der Waals surface area contributed by atoms with Crippen molar-refractivity contribution in [1.82, 2.24) is 9.55 Å². The summed E-state index contributed by atoms with van der Waals surface area (Å²) < 4.78 is 7.40. The Balaban J connectivity index is 1.95. The van der Waals surface area contributed by atoms with Crippen molar-refractivity contribution in [3.05, 3.63) is 60.2 Å². The summed E-state index contributed by atoms with van der Waals surface area (Å²) in [4.78, 5) is 33.2. The molecule has 1 aliphatic heterocycles. The summed E-state index contributed by atoms with van der Waals surface area (Å²) in [5, 5.41) is 0. The lowest BCUT2D eigenvalue weighted by Crippen LogP contribution is -2.50. The van der Waals surface area contributed by atoms with Crippen LogP contribution in [-0.2, 0) is 14.3 Å². The van der Waals surface area contributed by atoms with Gasteiger partial charge in [-0.05, 0) is 37.0 Å². The van der Waals surface area contributed by atoms with Crippen LogP contribution >= 0.6 is 0 Å². The number of carbonyl (C=O) groups excluding carboxylic acids is 2. The second-order valence-corrected chi connectivity index (χ2v) is 8.03. The molecular weight excluding hydrogens is 378 g/mol. The van der Waals surface area contributed by atoms with Gasteiger partial charge in [0.2, 0.25) is 11.9 Å². The Hall–Kier alpha value is -3.15. The molecule has 4 rings (SSSR count). The number of benzene rings is 2. The molecule has 0 radical (unpaired) electrons. The van der Waals surface area contributed by atoms with Crippen LogP contribution in [0, 0.1) is 11.8 Å². The number of hydrogen-bond donors (Lipinski definition) is 0. The van der Waals surface area contributed by atoms with Gasteiger partial charge in [0.25, 0.3) is 0 Å². The summed E-state index contributed by atoms with van der Waals surface area (Å²) in [6, 6.07) is 17.0. The predicted octanol–water partition coefficient (Wildman–Crippen LogP) is 4.20. The van der Waals surface area contributed by atoms with Gasteiger partial charge in [-0.25, -0.2) is 4.98 Å². The largest absolute Gasteiger partial charge is 0.465 e. The van der Waals surface area contributed by atoms with Crippen molar-refractivity contribution in [2.45, 2.75) is 33.2 Å².